The molecule has 0 aliphatic carbocycles. The number of H-pyrrole nitrogens is 1. The zero-order chi connectivity index (χ0) is 21.4. The molecule has 1 aromatic heterocycles. The number of nitrogens with one attached hydrogen (secondary N) is 1. The molecular weight excluding hydrogens is 439 g/mol. The van der Waals surface area contributed by atoms with Crippen molar-refractivity contribution >= 4 is 29.1 Å². The van der Waals surface area contributed by atoms with Crippen molar-refractivity contribution in [2.45, 2.75) is 6.54 Å². The van der Waals surface area contributed by atoms with E-state index >= 15 is 0 Å². The third-order valence-corrected chi connectivity index (χ3v) is 6.07. The van der Waals surface area contributed by atoms with Gasteiger partial charge in [-0.3, -0.25) is 14.8 Å². The third-order valence-electron chi connectivity index (χ3n) is 5.52. The maximum absolute atomic E-state index is 12.9. The van der Waals surface area contributed by atoms with E-state index in [1.54, 1.807) is 24.3 Å². The van der Waals surface area contributed by atoms with Gasteiger partial charge in [0.15, 0.2) is 11.5 Å². The minimum Gasteiger partial charge on any atom is -0.454 e. The number of aromatic amines is 1. The van der Waals surface area contributed by atoms with Gasteiger partial charge in [-0.15, -0.1) is 0 Å². The number of hydrogen-bond acceptors (Lipinski definition) is 5. The van der Waals surface area contributed by atoms with Crippen LogP contribution in [0, 0.1) is 0 Å². The summed E-state index contributed by atoms with van der Waals surface area (Å²) in [5.74, 6) is 1.52. The summed E-state index contributed by atoms with van der Waals surface area (Å²) in [6.07, 6.45) is 0. The molecule has 1 amide bonds. The fourth-order valence-electron chi connectivity index (χ4n) is 3.84. The highest BCUT2D eigenvalue weighted by Crippen LogP contribution is 2.33. The van der Waals surface area contributed by atoms with Gasteiger partial charge in [0.25, 0.3) is 5.91 Å². The monoisotopic (exact) mass is 458 g/mol. The molecule has 0 radical (unpaired) electrons. The van der Waals surface area contributed by atoms with Crippen LogP contribution in [0.5, 0.6) is 11.5 Å². The summed E-state index contributed by atoms with van der Waals surface area (Å²) >= 11 is 12.2. The van der Waals surface area contributed by atoms with E-state index in [0.717, 1.165) is 36.7 Å². The van der Waals surface area contributed by atoms with Crippen LogP contribution in [-0.4, -0.2) is 58.9 Å². The van der Waals surface area contributed by atoms with Crippen LogP contribution in [0.15, 0.2) is 42.5 Å². The lowest BCUT2D eigenvalue weighted by atomic mass is 10.1. The van der Waals surface area contributed by atoms with E-state index in [9.17, 15) is 4.79 Å². The average molecular weight is 459 g/mol. The molecule has 2 aliphatic heterocycles. The van der Waals surface area contributed by atoms with Crippen LogP contribution in [-0.2, 0) is 6.54 Å². The topological polar surface area (TPSA) is 70.7 Å². The fraction of sp³-hybridized carbons (Fsp3) is 0.273. The predicted octanol–water partition coefficient (Wildman–Crippen LogP) is 4.07. The van der Waals surface area contributed by atoms with Crippen LogP contribution < -0.4 is 9.47 Å². The number of rotatable bonds is 4. The van der Waals surface area contributed by atoms with Crippen LogP contribution in [0.1, 0.15) is 16.1 Å². The first-order valence-corrected chi connectivity index (χ1v) is 10.7. The fourth-order valence-corrected chi connectivity index (χ4v) is 4.35. The Hall–Kier alpha value is -2.74. The van der Waals surface area contributed by atoms with Crippen LogP contribution in [0.25, 0.3) is 11.3 Å². The van der Waals surface area contributed by atoms with E-state index in [2.05, 4.69) is 21.2 Å². The maximum atomic E-state index is 12.9. The molecule has 1 fully saturated rings. The van der Waals surface area contributed by atoms with Crippen molar-refractivity contribution in [2.75, 3.05) is 33.0 Å². The summed E-state index contributed by atoms with van der Waals surface area (Å²) in [6.45, 7) is 3.98. The molecule has 1 N–H and O–H groups in total. The Balaban J connectivity index is 1.20. The smallest absolute Gasteiger partial charge is 0.271 e. The van der Waals surface area contributed by atoms with Gasteiger partial charge in [0.1, 0.15) is 5.69 Å². The second kappa shape index (κ2) is 8.42. The molecule has 1 saturated heterocycles. The Kier molecular flexibility index (Phi) is 5.48. The van der Waals surface area contributed by atoms with Gasteiger partial charge in [-0.1, -0.05) is 29.3 Å². The van der Waals surface area contributed by atoms with Crippen molar-refractivity contribution < 1.29 is 14.3 Å². The van der Waals surface area contributed by atoms with E-state index in [0.29, 0.717) is 34.5 Å². The van der Waals surface area contributed by atoms with E-state index in [-0.39, 0.29) is 12.7 Å². The van der Waals surface area contributed by atoms with Gasteiger partial charge in [0.05, 0.1) is 10.7 Å². The highest BCUT2D eigenvalue weighted by atomic mass is 35.5. The molecule has 0 spiro atoms. The van der Waals surface area contributed by atoms with Gasteiger partial charge in [-0.2, -0.15) is 5.10 Å². The van der Waals surface area contributed by atoms with E-state index in [1.807, 2.05) is 17.0 Å². The zero-order valence-corrected chi connectivity index (χ0v) is 18.1. The van der Waals surface area contributed by atoms with Gasteiger partial charge in [-0.05, 0) is 42.0 Å². The number of benzene rings is 2. The van der Waals surface area contributed by atoms with Crippen LogP contribution in [0.2, 0.25) is 10.0 Å². The zero-order valence-electron chi connectivity index (χ0n) is 16.6. The minimum atomic E-state index is -0.0634. The number of nitrogens with zero attached hydrogens (tertiary/aromatic N) is 3. The van der Waals surface area contributed by atoms with Crippen LogP contribution in [0.4, 0.5) is 0 Å². The number of carbonyl (C=O) groups excluding carboxylic acids is 1. The minimum absolute atomic E-state index is 0.0634. The molecule has 0 atom stereocenters. The molecule has 0 unspecified atom stereocenters. The summed E-state index contributed by atoms with van der Waals surface area (Å²) in [7, 11) is 0. The summed E-state index contributed by atoms with van der Waals surface area (Å²) < 4.78 is 10.8. The van der Waals surface area contributed by atoms with Crippen molar-refractivity contribution in [2.24, 2.45) is 0 Å². The van der Waals surface area contributed by atoms with Crippen molar-refractivity contribution in [1.82, 2.24) is 20.0 Å². The number of fused-ring (bicyclic) bond motifs is 1. The summed E-state index contributed by atoms with van der Waals surface area (Å²) in [4.78, 5) is 17.1. The van der Waals surface area contributed by atoms with Crippen molar-refractivity contribution in [1.29, 1.82) is 0 Å². The van der Waals surface area contributed by atoms with Gasteiger partial charge in [0.2, 0.25) is 6.79 Å². The number of piperazine rings is 1. The Bertz CT molecular complexity index is 1130. The maximum Gasteiger partial charge on any atom is 0.271 e. The lowest BCUT2D eigenvalue weighted by Gasteiger charge is -2.34. The Morgan fingerprint density at radius 1 is 1.00 bits per heavy atom. The lowest BCUT2D eigenvalue weighted by Crippen LogP contribution is -2.48. The van der Waals surface area contributed by atoms with Gasteiger partial charge < -0.3 is 14.4 Å². The van der Waals surface area contributed by atoms with Crippen molar-refractivity contribution in [3.63, 3.8) is 0 Å². The lowest BCUT2D eigenvalue weighted by molar-refractivity contribution is 0.0622. The Labute approximate surface area is 189 Å². The molecule has 0 saturated carbocycles. The number of hydrogen-bond donors (Lipinski definition) is 1. The van der Waals surface area contributed by atoms with E-state index < -0.39 is 0 Å². The predicted molar refractivity (Wildman–Crippen MR) is 118 cm³/mol. The molecule has 3 heterocycles. The number of halogens is 2. The average Bonchev–Trinajstić information content (AvgIpc) is 3.43. The van der Waals surface area contributed by atoms with E-state index in [4.69, 9.17) is 32.7 Å². The molecule has 5 rings (SSSR count). The van der Waals surface area contributed by atoms with Crippen LogP contribution >= 0.6 is 23.2 Å². The second-order valence-electron chi connectivity index (χ2n) is 7.55. The molecule has 160 valence electrons. The van der Waals surface area contributed by atoms with Crippen molar-refractivity contribution in [3.05, 3.63) is 63.8 Å². The van der Waals surface area contributed by atoms with Crippen molar-refractivity contribution in [3.8, 4) is 22.8 Å². The second-order valence-corrected chi connectivity index (χ2v) is 8.39. The largest absolute Gasteiger partial charge is 0.454 e. The molecule has 0 bridgehead atoms. The summed E-state index contributed by atoms with van der Waals surface area (Å²) in [5, 5.41) is 8.16. The first kappa shape index (κ1) is 20.2. The molecule has 9 heteroatoms. The number of amides is 1. The first-order valence-electron chi connectivity index (χ1n) is 9.98. The number of ether oxygens (including phenoxy) is 2. The SMILES string of the molecule is O=C(c1cc(-c2ccc(Cl)cc2Cl)n[nH]1)N1CCN(Cc2ccc3c(c2)OCO3)CC1. The highest BCUT2D eigenvalue weighted by Gasteiger charge is 2.24. The molecule has 2 aliphatic rings. The highest BCUT2D eigenvalue weighted by molar-refractivity contribution is 6.36. The summed E-state index contributed by atoms with van der Waals surface area (Å²) in [5.41, 5.74) is 2.97. The number of carbonyl (C=O) groups is 1. The van der Waals surface area contributed by atoms with Gasteiger partial charge in [0, 0.05) is 43.3 Å². The standard InChI is InChI=1S/C22H20Cl2N4O3/c23-15-2-3-16(17(24)10-15)18-11-19(26-25-18)22(29)28-7-5-27(6-8-28)12-14-1-4-20-21(9-14)31-13-30-20/h1-4,9-11H,5-8,12-13H2,(H,25,26). The van der Waals surface area contributed by atoms with E-state index in [1.165, 1.54) is 5.56 Å². The Morgan fingerprint density at radius 2 is 1.81 bits per heavy atom. The van der Waals surface area contributed by atoms with Crippen LogP contribution in [0.3, 0.4) is 0 Å². The molecule has 31 heavy (non-hydrogen) atoms. The van der Waals surface area contributed by atoms with Gasteiger partial charge in [-0.25, -0.2) is 0 Å². The first-order chi connectivity index (χ1) is 15.1. The molecular formula is C22H20Cl2N4O3. The quantitative estimate of drug-likeness (QED) is 0.637. The Morgan fingerprint density at radius 3 is 2.61 bits per heavy atom. The molecule has 3 aromatic rings. The third kappa shape index (κ3) is 4.21. The molecule has 7 nitrogen and oxygen atoms in total. The number of aromatic nitrogens is 2. The molecule has 2 aromatic carbocycles. The van der Waals surface area contributed by atoms with Gasteiger partial charge >= 0.3 is 0 Å². The summed E-state index contributed by atoms with van der Waals surface area (Å²) in [6, 6.07) is 13.0. The normalized spacial score (nSPS) is 16.0.